The van der Waals surface area contributed by atoms with Gasteiger partial charge in [0.1, 0.15) is 12.0 Å². The molecule has 0 saturated carbocycles. The fourth-order valence-corrected chi connectivity index (χ4v) is 3.62. The van der Waals surface area contributed by atoms with Crippen LogP contribution in [0.25, 0.3) is 10.9 Å². The predicted molar refractivity (Wildman–Crippen MR) is 115 cm³/mol. The molecular weight excluding hydrogens is 350 g/mol. The van der Waals surface area contributed by atoms with Gasteiger partial charge in [0.15, 0.2) is 11.6 Å². The first-order valence-corrected chi connectivity index (χ1v) is 9.91. The number of benzene rings is 1. The van der Waals surface area contributed by atoms with E-state index >= 15 is 0 Å². The Hall–Kier alpha value is -2.93. The maximum Gasteiger partial charge on any atom is 0.159 e. The Bertz CT molecular complexity index is 951. The van der Waals surface area contributed by atoms with Crippen molar-refractivity contribution in [2.45, 2.75) is 26.2 Å². The zero-order valence-electron chi connectivity index (χ0n) is 16.3. The molecule has 1 aliphatic heterocycles. The Labute approximate surface area is 165 Å². The second-order valence-electron chi connectivity index (χ2n) is 7.27. The first-order valence-electron chi connectivity index (χ1n) is 9.91. The maximum atomic E-state index is 6.34. The molecule has 7 nitrogen and oxygen atoms in total. The molecule has 1 saturated heterocycles. The molecule has 4 N–H and O–H groups in total. The standard InChI is InChI=1S/C21H27N7/c1-15-8-9-16-6-5-7-17(19(16)26-15)27-21-18(22)20(24-14-25-21)23-10-13-28-11-3-2-4-12-28/h5-9,14H,2-4,10-13,22H2,1H3,(H2,23,24,25,27). The monoisotopic (exact) mass is 377 g/mol. The Morgan fingerprint density at radius 2 is 1.86 bits per heavy atom. The van der Waals surface area contributed by atoms with Crippen LogP contribution in [0.2, 0.25) is 0 Å². The minimum atomic E-state index is 0.519. The summed E-state index contributed by atoms with van der Waals surface area (Å²) in [6.07, 6.45) is 5.47. The summed E-state index contributed by atoms with van der Waals surface area (Å²) in [4.78, 5) is 15.8. The van der Waals surface area contributed by atoms with Crippen LogP contribution in [0, 0.1) is 6.92 Å². The van der Waals surface area contributed by atoms with Crippen molar-refractivity contribution in [2.75, 3.05) is 42.5 Å². The molecule has 146 valence electrons. The van der Waals surface area contributed by atoms with Crippen molar-refractivity contribution >= 4 is 33.9 Å². The van der Waals surface area contributed by atoms with Gasteiger partial charge in [-0.1, -0.05) is 24.6 Å². The molecule has 1 fully saturated rings. The number of fused-ring (bicyclic) bond motifs is 1. The number of aryl methyl sites for hydroxylation is 1. The van der Waals surface area contributed by atoms with Crippen LogP contribution in [0.5, 0.6) is 0 Å². The fraction of sp³-hybridized carbons (Fsp3) is 0.381. The van der Waals surface area contributed by atoms with E-state index in [1.54, 1.807) is 0 Å². The van der Waals surface area contributed by atoms with Gasteiger partial charge in [0, 0.05) is 24.2 Å². The number of anilines is 4. The van der Waals surface area contributed by atoms with Gasteiger partial charge in [0.2, 0.25) is 0 Å². The molecule has 2 aromatic heterocycles. The van der Waals surface area contributed by atoms with Gasteiger partial charge in [0.25, 0.3) is 0 Å². The van der Waals surface area contributed by atoms with Crippen molar-refractivity contribution < 1.29 is 0 Å². The van der Waals surface area contributed by atoms with Crippen LogP contribution in [-0.4, -0.2) is 46.0 Å². The number of likely N-dealkylation sites (tertiary alicyclic amines) is 1. The first kappa shape index (κ1) is 18.4. The molecular formula is C21H27N7. The van der Waals surface area contributed by atoms with E-state index in [0.29, 0.717) is 17.3 Å². The van der Waals surface area contributed by atoms with Crippen molar-refractivity contribution in [3.8, 4) is 0 Å². The summed E-state index contributed by atoms with van der Waals surface area (Å²) in [7, 11) is 0. The molecule has 3 aromatic rings. The van der Waals surface area contributed by atoms with E-state index < -0.39 is 0 Å². The molecule has 1 aromatic carbocycles. The SMILES string of the molecule is Cc1ccc2cccc(Nc3ncnc(NCCN4CCCCC4)c3N)c2n1. The summed E-state index contributed by atoms with van der Waals surface area (Å²) in [6, 6.07) is 10.1. The molecule has 28 heavy (non-hydrogen) atoms. The molecule has 0 spiro atoms. The van der Waals surface area contributed by atoms with Gasteiger partial charge in [-0.05, 0) is 45.0 Å². The number of hydrogen-bond acceptors (Lipinski definition) is 7. The molecule has 0 aliphatic carbocycles. The van der Waals surface area contributed by atoms with Gasteiger partial charge in [0.05, 0.1) is 11.2 Å². The topological polar surface area (TPSA) is 92.0 Å². The quantitative estimate of drug-likeness (QED) is 0.605. The summed E-state index contributed by atoms with van der Waals surface area (Å²) in [5.41, 5.74) is 9.61. The van der Waals surface area contributed by atoms with Gasteiger partial charge >= 0.3 is 0 Å². The number of aromatic nitrogens is 3. The van der Waals surface area contributed by atoms with Crippen LogP contribution in [0.1, 0.15) is 25.0 Å². The van der Waals surface area contributed by atoms with Crippen LogP contribution >= 0.6 is 0 Å². The molecule has 0 bridgehead atoms. The lowest BCUT2D eigenvalue weighted by molar-refractivity contribution is 0.237. The molecule has 0 radical (unpaired) electrons. The largest absolute Gasteiger partial charge is 0.393 e. The summed E-state index contributed by atoms with van der Waals surface area (Å²) in [6.45, 7) is 6.16. The molecule has 0 atom stereocenters. The van der Waals surface area contributed by atoms with Crippen molar-refractivity contribution in [1.82, 2.24) is 19.9 Å². The molecule has 1 aliphatic rings. The van der Waals surface area contributed by atoms with Crippen molar-refractivity contribution in [1.29, 1.82) is 0 Å². The minimum Gasteiger partial charge on any atom is -0.393 e. The number of nitrogen functional groups attached to an aromatic ring is 1. The summed E-state index contributed by atoms with van der Waals surface area (Å²) in [5.74, 6) is 1.25. The number of pyridine rings is 1. The second kappa shape index (κ2) is 8.39. The highest BCUT2D eigenvalue weighted by Gasteiger charge is 2.12. The van der Waals surface area contributed by atoms with E-state index in [9.17, 15) is 0 Å². The Morgan fingerprint density at radius 1 is 1.04 bits per heavy atom. The molecule has 7 heteroatoms. The zero-order valence-corrected chi connectivity index (χ0v) is 16.3. The fourth-order valence-electron chi connectivity index (χ4n) is 3.62. The highest BCUT2D eigenvalue weighted by Crippen LogP contribution is 2.29. The number of nitrogens with one attached hydrogen (secondary N) is 2. The van der Waals surface area contributed by atoms with E-state index in [1.165, 1.54) is 38.7 Å². The Kier molecular flexibility index (Phi) is 5.53. The van der Waals surface area contributed by atoms with Crippen LogP contribution in [0.3, 0.4) is 0 Å². The number of hydrogen-bond donors (Lipinski definition) is 3. The normalized spacial score (nSPS) is 14.9. The number of para-hydroxylation sites is 1. The summed E-state index contributed by atoms with van der Waals surface area (Å²) >= 11 is 0. The zero-order chi connectivity index (χ0) is 19.3. The average Bonchev–Trinajstić information content (AvgIpc) is 2.72. The maximum absolute atomic E-state index is 6.34. The van der Waals surface area contributed by atoms with E-state index in [4.69, 9.17) is 5.73 Å². The van der Waals surface area contributed by atoms with Crippen molar-refractivity contribution in [3.05, 3.63) is 42.4 Å². The third kappa shape index (κ3) is 4.14. The minimum absolute atomic E-state index is 0.519. The number of piperidine rings is 1. The van der Waals surface area contributed by atoms with Gasteiger partial charge in [-0.25, -0.2) is 9.97 Å². The van der Waals surface area contributed by atoms with Crippen molar-refractivity contribution in [2.24, 2.45) is 0 Å². The van der Waals surface area contributed by atoms with Crippen LogP contribution < -0.4 is 16.4 Å². The molecule has 0 unspecified atom stereocenters. The molecule has 4 rings (SSSR count). The predicted octanol–water partition coefficient (Wildman–Crippen LogP) is 3.56. The highest BCUT2D eigenvalue weighted by atomic mass is 15.2. The van der Waals surface area contributed by atoms with Crippen molar-refractivity contribution in [3.63, 3.8) is 0 Å². The van der Waals surface area contributed by atoms with Gasteiger partial charge < -0.3 is 21.3 Å². The smallest absolute Gasteiger partial charge is 0.159 e. The highest BCUT2D eigenvalue weighted by molar-refractivity contribution is 5.93. The Balaban J connectivity index is 1.48. The third-order valence-corrected chi connectivity index (χ3v) is 5.17. The Morgan fingerprint density at radius 3 is 2.71 bits per heavy atom. The van der Waals surface area contributed by atoms with Crippen LogP contribution in [0.15, 0.2) is 36.7 Å². The number of nitrogens with two attached hydrogens (primary N) is 1. The van der Waals surface area contributed by atoms with E-state index in [2.05, 4.69) is 36.6 Å². The summed E-state index contributed by atoms with van der Waals surface area (Å²) in [5, 5.41) is 7.77. The van der Waals surface area contributed by atoms with E-state index in [1.807, 2.05) is 31.2 Å². The van der Waals surface area contributed by atoms with Crippen LogP contribution in [-0.2, 0) is 0 Å². The molecule has 0 amide bonds. The van der Waals surface area contributed by atoms with E-state index in [0.717, 1.165) is 35.4 Å². The molecule has 3 heterocycles. The number of nitrogens with zero attached hydrogens (tertiary/aromatic N) is 4. The second-order valence-corrected chi connectivity index (χ2v) is 7.27. The van der Waals surface area contributed by atoms with Gasteiger partial charge in [-0.15, -0.1) is 0 Å². The van der Waals surface area contributed by atoms with Gasteiger partial charge in [-0.3, -0.25) is 4.98 Å². The number of rotatable bonds is 6. The lowest BCUT2D eigenvalue weighted by atomic mass is 10.1. The van der Waals surface area contributed by atoms with Gasteiger partial charge in [-0.2, -0.15) is 0 Å². The third-order valence-electron chi connectivity index (χ3n) is 5.17. The lowest BCUT2D eigenvalue weighted by Gasteiger charge is -2.26. The first-order chi connectivity index (χ1) is 13.7. The average molecular weight is 377 g/mol. The van der Waals surface area contributed by atoms with E-state index in [-0.39, 0.29) is 0 Å². The van der Waals surface area contributed by atoms with Crippen LogP contribution in [0.4, 0.5) is 23.0 Å². The summed E-state index contributed by atoms with van der Waals surface area (Å²) < 4.78 is 0. The lowest BCUT2D eigenvalue weighted by Crippen LogP contribution is -2.33.